The van der Waals surface area contributed by atoms with E-state index in [1.54, 1.807) is 11.8 Å². The highest BCUT2D eigenvalue weighted by Crippen LogP contribution is 2.05. The van der Waals surface area contributed by atoms with Crippen LogP contribution in [0.15, 0.2) is 0 Å². The first-order valence-corrected chi connectivity index (χ1v) is 6.47. The highest BCUT2D eigenvalue weighted by atomic mass is 16.5. The third-order valence-corrected chi connectivity index (χ3v) is 3.02. The molecule has 0 spiro atoms. The molecule has 6 nitrogen and oxygen atoms in total. The van der Waals surface area contributed by atoms with Crippen LogP contribution < -0.4 is 5.32 Å². The predicted octanol–water partition coefficient (Wildman–Crippen LogP) is 0.285. The zero-order valence-corrected chi connectivity index (χ0v) is 11.4. The van der Waals surface area contributed by atoms with E-state index in [1.165, 1.54) is 0 Å². The molecule has 0 bridgehead atoms. The lowest BCUT2D eigenvalue weighted by Gasteiger charge is -2.36. The molecule has 1 saturated heterocycles. The van der Waals surface area contributed by atoms with Crippen LogP contribution in [0.4, 0.5) is 4.79 Å². The third kappa shape index (κ3) is 4.52. The lowest BCUT2D eigenvalue weighted by molar-refractivity contribution is -0.141. The van der Waals surface area contributed by atoms with E-state index in [9.17, 15) is 9.59 Å². The van der Waals surface area contributed by atoms with Gasteiger partial charge in [-0.1, -0.05) is 0 Å². The van der Waals surface area contributed by atoms with E-state index >= 15 is 0 Å². The van der Waals surface area contributed by atoms with Crippen LogP contribution in [0.3, 0.4) is 0 Å². The fourth-order valence-electron chi connectivity index (χ4n) is 1.91. The van der Waals surface area contributed by atoms with Gasteiger partial charge in [0.15, 0.2) is 0 Å². The summed E-state index contributed by atoms with van der Waals surface area (Å²) in [6.45, 7) is 9.48. The van der Waals surface area contributed by atoms with Gasteiger partial charge in [0.1, 0.15) is 6.54 Å². The Bertz CT molecular complexity index is 286. The maximum atomic E-state index is 11.8. The molecule has 1 heterocycles. The van der Waals surface area contributed by atoms with Crippen molar-refractivity contribution in [3.8, 4) is 0 Å². The summed E-state index contributed by atoms with van der Waals surface area (Å²) >= 11 is 0. The van der Waals surface area contributed by atoms with Crippen molar-refractivity contribution in [3.63, 3.8) is 0 Å². The zero-order valence-electron chi connectivity index (χ0n) is 11.4. The maximum Gasteiger partial charge on any atom is 0.325 e. The van der Waals surface area contributed by atoms with Crippen molar-refractivity contribution in [2.24, 2.45) is 0 Å². The second-order valence-electron chi connectivity index (χ2n) is 4.58. The number of esters is 1. The Balaban J connectivity index is 2.26. The summed E-state index contributed by atoms with van der Waals surface area (Å²) in [7, 11) is 0. The van der Waals surface area contributed by atoms with E-state index in [2.05, 4.69) is 24.1 Å². The van der Waals surface area contributed by atoms with Gasteiger partial charge >= 0.3 is 12.0 Å². The number of piperazine rings is 1. The van der Waals surface area contributed by atoms with E-state index in [0.717, 1.165) is 13.1 Å². The van der Waals surface area contributed by atoms with Crippen LogP contribution in [0.2, 0.25) is 0 Å². The van der Waals surface area contributed by atoms with Gasteiger partial charge in [-0.25, -0.2) is 4.79 Å². The average Bonchev–Trinajstić information content (AvgIpc) is 2.36. The van der Waals surface area contributed by atoms with Gasteiger partial charge in [0.05, 0.1) is 6.61 Å². The molecule has 6 heteroatoms. The Morgan fingerprint density at radius 3 is 2.33 bits per heavy atom. The van der Waals surface area contributed by atoms with E-state index < -0.39 is 5.97 Å². The van der Waals surface area contributed by atoms with Crippen LogP contribution in [0, 0.1) is 0 Å². The fourth-order valence-corrected chi connectivity index (χ4v) is 1.91. The van der Waals surface area contributed by atoms with Gasteiger partial charge in [-0.3, -0.25) is 9.69 Å². The number of urea groups is 1. The van der Waals surface area contributed by atoms with Crippen molar-refractivity contribution >= 4 is 12.0 Å². The molecule has 1 rings (SSSR count). The number of nitrogens with zero attached hydrogens (tertiary/aromatic N) is 2. The molecule has 1 aliphatic rings. The van der Waals surface area contributed by atoms with Crippen LogP contribution in [0.5, 0.6) is 0 Å². The highest BCUT2D eigenvalue weighted by molar-refractivity contribution is 5.80. The average molecular weight is 257 g/mol. The van der Waals surface area contributed by atoms with E-state index in [1.807, 2.05) is 0 Å². The number of hydrogen-bond acceptors (Lipinski definition) is 4. The minimum absolute atomic E-state index is 0.0585. The summed E-state index contributed by atoms with van der Waals surface area (Å²) < 4.78 is 4.75. The molecule has 0 radical (unpaired) electrons. The lowest BCUT2D eigenvalue weighted by Crippen LogP contribution is -2.53. The number of carbonyl (C=O) groups is 2. The second-order valence-corrected chi connectivity index (χ2v) is 4.58. The Morgan fingerprint density at radius 2 is 1.83 bits per heavy atom. The standard InChI is InChI=1S/C12H23N3O3/c1-4-18-11(16)9-13-12(17)15-7-5-14(6-8-15)10(2)3/h10H,4-9H2,1-3H3,(H,13,17). The van der Waals surface area contributed by atoms with Gasteiger partial charge in [-0.2, -0.15) is 0 Å². The lowest BCUT2D eigenvalue weighted by atomic mass is 10.2. The van der Waals surface area contributed by atoms with Gasteiger partial charge < -0.3 is 15.0 Å². The van der Waals surface area contributed by atoms with Crippen LogP contribution in [0.25, 0.3) is 0 Å². The van der Waals surface area contributed by atoms with Gasteiger partial charge in [0.25, 0.3) is 0 Å². The van der Waals surface area contributed by atoms with Crippen LogP contribution in [0.1, 0.15) is 20.8 Å². The molecule has 0 aromatic heterocycles. The first-order valence-electron chi connectivity index (χ1n) is 6.47. The maximum absolute atomic E-state index is 11.8. The molecule has 1 aliphatic heterocycles. The monoisotopic (exact) mass is 257 g/mol. The minimum atomic E-state index is -0.397. The molecule has 1 N–H and O–H groups in total. The van der Waals surface area contributed by atoms with Crippen molar-refractivity contribution < 1.29 is 14.3 Å². The van der Waals surface area contributed by atoms with E-state index in [4.69, 9.17) is 4.74 Å². The number of ether oxygens (including phenoxy) is 1. The Hall–Kier alpha value is -1.30. The number of hydrogen-bond donors (Lipinski definition) is 1. The Kier molecular flexibility index (Phi) is 5.91. The van der Waals surface area contributed by atoms with Gasteiger partial charge in [-0.15, -0.1) is 0 Å². The summed E-state index contributed by atoms with van der Waals surface area (Å²) in [6.07, 6.45) is 0. The van der Waals surface area contributed by atoms with Gasteiger partial charge in [0, 0.05) is 32.2 Å². The van der Waals surface area contributed by atoms with Crippen molar-refractivity contribution in [3.05, 3.63) is 0 Å². The third-order valence-electron chi connectivity index (χ3n) is 3.02. The molecule has 0 unspecified atom stereocenters. The van der Waals surface area contributed by atoms with Crippen LogP contribution >= 0.6 is 0 Å². The summed E-state index contributed by atoms with van der Waals surface area (Å²) in [5.41, 5.74) is 0. The van der Waals surface area contributed by atoms with Crippen LogP contribution in [-0.4, -0.2) is 67.2 Å². The number of amides is 2. The molecular formula is C12H23N3O3. The summed E-state index contributed by atoms with van der Waals surface area (Å²) in [5.74, 6) is -0.397. The van der Waals surface area contributed by atoms with Crippen molar-refractivity contribution in [2.45, 2.75) is 26.8 Å². The number of rotatable bonds is 4. The Labute approximate surface area is 108 Å². The fraction of sp³-hybridized carbons (Fsp3) is 0.833. The molecule has 0 aromatic rings. The van der Waals surface area contributed by atoms with Gasteiger partial charge in [-0.05, 0) is 20.8 Å². The van der Waals surface area contributed by atoms with Crippen molar-refractivity contribution in [1.29, 1.82) is 0 Å². The molecule has 0 aliphatic carbocycles. The largest absolute Gasteiger partial charge is 0.465 e. The van der Waals surface area contributed by atoms with Gasteiger partial charge in [0.2, 0.25) is 0 Å². The number of carbonyl (C=O) groups excluding carboxylic acids is 2. The van der Waals surface area contributed by atoms with Crippen molar-refractivity contribution in [2.75, 3.05) is 39.3 Å². The molecule has 18 heavy (non-hydrogen) atoms. The topological polar surface area (TPSA) is 61.9 Å². The SMILES string of the molecule is CCOC(=O)CNC(=O)N1CCN(C(C)C)CC1. The minimum Gasteiger partial charge on any atom is -0.465 e. The molecule has 0 saturated carbocycles. The number of nitrogens with one attached hydrogen (secondary N) is 1. The molecule has 1 fully saturated rings. The summed E-state index contributed by atoms with van der Waals surface area (Å²) in [4.78, 5) is 26.9. The zero-order chi connectivity index (χ0) is 13.5. The van der Waals surface area contributed by atoms with E-state index in [0.29, 0.717) is 25.7 Å². The molecule has 104 valence electrons. The second kappa shape index (κ2) is 7.20. The Morgan fingerprint density at radius 1 is 1.22 bits per heavy atom. The normalized spacial score (nSPS) is 16.8. The first kappa shape index (κ1) is 14.8. The molecule has 0 atom stereocenters. The molecule has 0 aromatic carbocycles. The molecular weight excluding hydrogens is 234 g/mol. The van der Waals surface area contributed by atoms with Crippen LogP contribution in [-0.2, 0) is 9.53 Å². The predicted molar refractivity (Wildman–Crippen MR) is 68.3 cm³/mol. The highest BCUT2D eigenvalue weighted by Gasteiger charge is 2.22. The smallest absolute Gasteiger partial charge is 0.325 e. The van der Waals surface area contributed by atoms with Crippen molar-refractivity contribution in [1.82, 2.24) is 15.1 Å². The summed E-state index contributed by atoms with van der Waals surface area (Å²) in [5, 5.41) is 2.57. The quantitative estimate of drug-likeness (QED) is 0.735. The molecule has 2 amide bonds. The first-order chi connectivity index (χ1) is 8.54. The van der Waals surface area contributed by atoms with E-state index in [-0.39, 0.29) is 12.6 Å². The summed E-state index contributed by atoms with van der Waals surface area (Å²) in [6, 6.07) is 0.321.